The highest BCUT2D eigenvalue weighted by Crippen LogP contribution is 2.24. The Morgan fingerprint density at radius 3 is 2.57 bits per heavy atom. The van der Waals surface area contributed by atoms with Crippen molar-refractivity contribution in [1.82, 2.24) is 15.0 Å². The van der Waals surface area contributed by atoms with Gasteiger partial charge in [0.15, 0.2) is 6.61 Å². The highest BCUT2D eigenvalue weighted by atomic mass is 35.5. The molecule has 0 atom stereocenters. The quantitative estimate of drug-likeness (QED) is 0.350. The molecule has 2 aromatic carbocycles. The lowest BCUT2D eigenvalue weighted by Crippen LogP contribution is -2.36. The van der Waals surface area contributed by atoms with Crippen LogP contribution in [0.5, 0.6) is 5.75 Å². The van der Waals surface area contributed by atoms with E-state index in [-0.39, 0.29) is 23.5 Å². The maximum absolute atomic E-state index is 12.6. The van der Waals surface area contributed by atoms with Crippen LogP contribution < -0.4 is 20.1 Å². The molecule has 0 radical (unpaired) electrons. The van der Waals surface area contributed by atoms with Crippen LogP contribution in [-0.2, 0) is 14.8 Å². The molecule has 1 saturated carbocycles. The van der Waals surface area contributed by atoms with Crippen LogP contribution in [0.3, 0.4) is 0 Å². The van der Waals surface area contributed by atoms with Crippen molar-refractivity contribution in [2.45, 2.75) is 43.0 Å². The van der Waals surface area contributed by atoms with Gasteiger partial charge in [0.2, 0.25) is 10.0 Å². The van der Waals surface area contributed by atoms with Gasteiger partial charge in [-0.15, -0.1) is 0 Å². The summed E-state index contributed by atoms with van der Waals surface area (Å²) in [6.45, 7) is 0.765. The molecule has 4 rings (SSSR count). The van der Waals surface area contributed by atoms with Crippen LogP contribution >= 0.6 is 11.6 Å². The lowest BCUT2D eigenvalue weighted by atomic mass is 9.96. The van der Waals surface area contributed by atoms with Crippen LogP contribution in [-0.4, -0.2) is 45.0 Å². The van der Waals surface area contributed by atoms with Crippen molar-refractivity contribution in [2.24, 2.45) is 0 Å². The lowest BCUT2D eigenvalue weighted by molar-refractivity contribution is -0.123. The minimum absolute atomic E-state index is 0.00126. The average Bonchev–Trinajstić information content (AvgIpc) is 2.86. The van der Waals surface area contributed by atoms with Crippen molar-refractivity contribution in [1.29, 1.82) is 0 Å². The van der Waals surface area contributed by atoms with Gasteiger partial charge in [0.1, 0.15) is 5.75 Å². The lowest BCUT2D eigenvalue weighted by Gasteiger charge is -2.22. The van der Waals surface area contributed by atoms with Crippen molar-refractivity contribution < 1.29 is 17.9 Å². The molecule has 1 aliphatic carbocycles. The molecular weight excluding hydrogens is 488 g/mol. The number of halogens is 1. The SMILES string of the molecule is O=C(COc1ccc(S(=O)(=O)NC2CCCCC2)cc1)NCCNc1ccnc2cc(Cl)ccc12. The van der Waals surface area contributed by atoms with Gasteiger partial charge in [0.05, 0.1) is 10.4 Å². The third-order valence-corrected chi connectivity index (χ3v) is 7.67. The fourth-order valence-electron chi connectivity index (χ4n) is 4.10. The number of carbonyl (C=O) groups excluding carboxylic acids is 1. The first-order valence-electron chi connectivity index (χ1n) is 11.7. The zero-order chi connectivity index (χ0) is 24.7. The number of anilines is 1. The Bertz CT molecular complexity index is 1260. The van der Waals surface area contributed by atoms with Crippen LogP contribution in [0.2, 0.25) is 5.02 Å². The normalized spacial score (nSPS) is 14.5. The largest absolute Gasteiger partial charge is 0.484 e. The monoisotopic (exact) mass is 516 g/mol. The minimum atomic E-state index is -3.56. The maximum Gasteiger partial charge on any atom is 0.258 e. The molecule has 1 fully saturated rings. The van der Waals surface area contributed by atoms with Crippen molar-refractivity contribution in [3.63, 3.8) is 0 Å². The molecular formula is C25H29ClN4O4S. The van der Waals surface area contributed by atoms with E-state index in [1.165, 1.54) is 12.1 Å². The van der Waals surface area contributed by atoms with Gasteiger partial charge in [-0.1, -0.05) is 30.9 Å². The summed E-state index contributed by atoms with van der Waals surface area (Å²) in [7, 11) is -3.56. The van der Waals surface area contributed by atoms with Gasteiger partial charge in [0.25, 0.3) is 5.91 Å². The van der Waals surface area contributed by atoms with Crippen molar-refractivity contribution in [3.05, 3.63) is 59.8 Å². The molecule has 35 heavy (non-hydrogen) atoms. The van der Waals surface area contributed by atoms with E-state index in [0.717, 1.165) is 48.7 Å². The number of pyridine rings is 1. The highest BCUT2D eigenvalue weighted by Gasteiger charge is 2.21. The molecule has 0 aliphatic heterocycles. The van der Waals surface area contributed by atoms with Gasteiger partial charge < -0.3 is 15.4 Å². The fourth-order valence-corrected chi connectivity index (χ4v) is 5.57. The predicted molar refractivity (Wildman–Crippen MR) is 137 cm³/mol. The summed E-state index contributed by atoms with van der Waals surface area (Å²) < 4.78 is 33.5. The second-order valence-corrected chi connectivity index (χ2v) is 10.7. The van der Waals surface area contributed by atoms with E-state index in [2.05, 4.69) is 20.3 Å². The molecule has 3 aromatic rings. The highest BCUT2D eigenvalue weighted by molar-refractivity contribution is 7.89. The number of amides is 1. The molecule has 0 unspecified atom stereocenters. The van der Waals surface area contributed by atoms with Crippen LogP contribution in [0.25, 0.3) is 10.9 Å². The second-order valence-electron chi connectivity index (χ2n) is 8.51. The zero-order valence-corrected chi connectivity index (χ0v) is 20.9. The summed E-state index contributed by atoms with van der Waals surface area (Å²) in [5.74, 6) is 0.158. The summed E-state index contributed by atoms with van der Waals surface area (Å²) in [6.07, 6.45) is 6.71. The van der Waals surface area contributed by atoms with Gasteiger partial charge in [-0.05, 0) is 61.4 Å². The zero-order valence-electron chi connectivity index (χ0n) is 19.3. The molecule has 1 heterocycles. The topological polar surface area (TPSA) is 109 Å². The summed E-state index contributed by atoms with van der Waals surface area (Å²) in [5, 5.41) is 7.65. The van der Waals surface area contributed by atoms with Crippen LogP contribution in [0.1, 0.15) is 32.1 Å². The number of nitrogens with zero attached hydrogens (tertiary/aromatic N) is 1. The molecule has 10 heteroatoms. The Kier molecular flexibility index (Phi) is 8.43. The van der Waals surface area contributed by atoms with E-state index >= 15 is 0 Å². The van der Waals surface area contributed by atoms with Crippen LogP contribution in [0.15, 0.2) is 59.6 Å². The van der Waals surface area contributed by atoms with E-state index in [1.807, 2.05) is 18.2 Å². The third-order valence-electron chi connectivity index (χ3n) is 5.90. The Labute approximate surface area is 210 Å². The van der Waals surface area contributed by atoms with E-state index in [0.29, 0.717) is 23.9 Å². The first-order chi connectivity index (χ1) is 16.9. The number of nitrogens with one attached hydrogen (secondary N) is 3. The Balaban J connectivity index is 1.20. The van der Waals surface area contributed by atoms with Gasteiger partial charge in [-0.3, -0.25) is 9.78 Å². The van der Waals surface area contributed by atoms with Gasteiger partial charge in [-0.25, -0.2) is 13.1 Å². The van der Waals surface area contributed by atoms with Crippen LogP contribution in [0, 0.1) is 0 Å². The van der Waals surface area contributed by atoms with Gasteiger partial charge >= 0.3 is 0 Å². The standard InChI is InChI=1S/C25H29ClN4O4S/c26-18-6-11-22-23(12-13-27-24(22)16-18)28-14-15-29-25(31)17-34-20-7-9-21(10-8-20)35(32,33)30-19-4-2-1-3-5-19/h6-13,16,19,30H,1-5,14-15,17H2,(H,27,28)(H,29,31). The number of hydrogen-bond donors (Lipinski definition) is 3. The summed E-state index contributed by atoms with van der Waals surface area (Å²) in [6, 6.07) is 13.5. The minimum Gasteiger partial charge on any atom is -0.484 e. The van der Waals surface area contributed by atoms with Gasteiger partial charge in [0, 0.05) is 41.4 Å². The van der Waals surface area contributed by atoms with Crippen LogP contribution in [0.4, 0.5) is 5.69 Å². The number of hydrogen-bond acceptors (Lipinski definition) is 6. The van der Waals surface area contributed by atoms with Crippen molar-refractivity contribution >= 4 is 44.1 Å². The van der Waals surface area contributed by atoms with E-state index in [4.69, 9.17) is 16.3 Å². The predicted octanol–water partition coefficient (Wildman–Crippen LogP) is 4.11. The van der Waals surface area contributed by atoms with E-state index < -0.39 is 10.0 Å². The first kappa shape index (κ1) is 25.2. The number of aromatic nitrogens is 1. The Morgan fingerprint density at radius 1 is 1.03 bits per heavy atom. The first-order valence-corrected chi connectivity index (χ1v) is 13.6. The maximum atomic E-state index is 12.6. The molecule has 1 amide bonds. The Morgan fingerprint density at radius 2 is 1.80 bits per heavy atom. The molecule has 1 aromatic heterocycles. The number of fused-ring (bicyclic) bond motifs is 1. The summed E-state index contributed by atoms with van der Waals surface area (Å²) in [5.41, 5.74) is 1.70. The number of benzene rings is 2. The number of rotatable bonds is 10. The van der Waals surface area contributed by atoms with Gasteiger partial charge in [-0.2, -0.15) is 0 Å². The number of carbonyl (C=O) groups is 1. The second kappa shape index (κ2) is 11.7. The molecule has 1 aliphatic rings. The van der Waals surface area contributed by atoms with E-state index in [1.54, 1.807) is 24.4 Å². The Hall–Kier alpha value is -2.88. The number of sulfonamides is 1. The average molecular weight is 517 g/mol. The smallest absolute Gasteiger partial charge is 0.258 e. The summed E-state index contributed by atoms with van der Waals surface area (Å²) in [4.78, 5) is 16.6. The molecule has 0 spiro atoms. The molecule has 0 bridgehead atoms. The fraction of sp³-hybridized carbons (Fsp3) is 0.360. The third kappa shape index (κ3) is 7.06. The van der Waals surface area contributed by atoms with Crippen molar-refractivity contribution in [2.75, 3.05) is 25.0 Å². The number of ether oxygens (including phenoxy) is 1. The molecule has 0 saturated heterocycles. The van der Waals surface area contributed by atoms with E-state index in [9.17, 15) is 13.2 Å². The molecule has 186 valence electrons. The summed E-state index contributed by atoms with van der Waals surface area (Å²) >= 11 is 6.02. The van der Waals surface area contributed by atoms with Crippen molar-refractivity contribution in [3.8, 4) is 5.75 Å². The molecule has 8 nitrogen and oxygen atoms in total. The molecule has 3 N–H and O–H groups in total.